The fraction of sp³-hybridized carbons (Fsp3) is 0.231. The lowest BCUT2D eigenvalue weighted by Gasteiger charge is -2.38. The summed E-state index contributed by atoms with van der Waals surface area (Å²) in [5.41, 5.74) is -0.691. The molecule has 0 saturated heterocycles. The molecule has 2 rings (SSSR count). The summed E-state index contributed by atoms with van der Waals surface area (Å²) in [6.45, 7) is 3.56. The molecule has 1 aliphatic rings. The normalized spacial score (nSPS) is 33.1. The van der Waals surface area contributed by atoms with Crippen LogP contribution in [0.15, 0.2) is 55.3 Å². The van der Waals surface area contributed by atoms with Gasteiger partial charge in [-0.3, -0.25) is 0 Å². The first kappa shape index (κ1) is 10.9. The molecule has 0 saturated carbocycles. The molecule has 0 unspecified atom stereocenters. The van der Waals surface area contributed by atoms with Crippen molar-refractivity contribution in [2.24, 2.45) is 0 Å². The summed E-state index contributed by atoms with van der Waals surface area (Å²) in [4.78, 5) is 0. The van der Waals surface area contributed by atoms with Gasteiger partial charge in [0.25, 0.3) is 0 Å². The molecule has 1 heterocycles. The Morgan fingerprint density at radius 2 is 2.00 bits per heavy atom. The summed E-state index contributed by atoms with van der Waals surface area (Å²) in [6.07, 6.45) is 2.48. The molecule has 16 heavy (non-hydrogen) atoms. The second-order valence-electron chi connectivity index (χ2n) is 3.79. The van der Waals surface area contributed by atoms with Crippen molar-refractivity contribution in [3.8, 4) is 0 Å². The average Bonchev–Trinajstić information content (AvgIpc) is 2.34. The highest BCUT2D eigenvalue weighted by molar-refractivity contribution is 5.27. The van der Waals surface area contributed by atoms with Crippen LogP contribution in [0, 0.1) is 0 Å². The van der Waals surface area contributed by atoms with E-state index in [-0.39, 0.29) is 0 Å². The summed E-state index contributed by atoms with van der Waals surface area (Å²) in [6, 6.07) is 9.27. The Labute approximate surface area is 94.3 Å². The monoisotopic (exact) mass is 218 g/mol. The first-order valence-electron chi connectivity index (χ1n) is 5.09. The number of benzene rings is 1. The lowest BCUT2D eigenvalue weighted by atomic mass is 9.84. The zero-order valence-electron chi connectivity index (χ0n) is 8.78. The van der Waals surface area contributed by atoms with Crippen molar-refractivity contribution in [3.63, 3.8) is 0 Å². The molecule has 1 aliphatic heterocycles. The van der Waals surface area contributed by atoms with E-state index in [1.165, 1.54) is 18.4 Å². The molecule has 0 aliphatic carbocycles. The fourth-order valence-electron chi connectivity index (χ4n) is 1.82. The molecule has 0 amide bonds. The van der Waals surface area contributed by atoms with Crippen LogP contribution in [-0.4, -0.2) is 21.9 Å². The van der Waals surface area contributed by atoms with Crippen LogP contribution >= 0.6 is 0 Å². The quantitative estimate of drug-likeness (QED) is 0.740. The van der Waals surface area contributed by atoms with E-state index in [1.807, 2.05) is 30.3 Å². The molecular formula is C13H14O3. The number of aliphatic hydroxyl groups excluding tert-OH is 1. The van der Waals surface area contributed by atoms with Crippen molar-refractivity contribution in [2.45, 2.75) is 17.8 Å². The molecule has 3 nitrogen and oxygen atoms in total. The molecule has 1 aromatic rings. The standard InChI is InChI=1S/C13H14O3/c1-2-13(15)11(14)8-9-16-12(13)10-6-4-3-5-7-10/h2-9,11-12,14-15H,1H2/t11-,12-,13-/m1/s1. The minimum atomic E-state index is -1.49. The van der Waals surface area contributed by atoms with E-state index in [0.29, 0.717) is 0 Å². The van der Waals surface area contributed by atoms with E-state index in [0.717, 1.165) is 5.56 Å². The Hall–Kier alpha value is -1.58. The lowest BCUT2D eigenvalue weighted by Crippen LogP contribution is -2.47. The maximum Gasteiger partial charge on any atom is 0.158 e. The molecule has 0 bridgehead atoms. The van der Waals surface area contributed by atoms with Crippen LogP contribution in [0.2, 0.25) is 0 Å². The molecule has 1 aromatic carbocycles. The number of ether oxygens (including phenoxy) is 1. The summed E-state index contributed by atoms with van der Waals surface area (Å²) >= 11 is 0. The Morgan fingerprint density at radius 3 is 2.62 bits per heavy atom. The molecule has 0 aromatic heterocycles. The molecule has 0 spiro atoms. The first-order chi connectivity index (χ1) is 7.68. The van der Waals surface area contributed by atoms with Gasteiger partial charge in [-0.05, 0) is 11.6 Å². The van der Waals surface area contributed by atoms with Crippen LogP contribution in [-0.2, 0) is 4.74 Å². The highest BCUT2D eigenvalue weighted by Gasteiger charge is 2.44. The average molecular weight is 218 g/mol. The van der Waals surface area contributed by atoms with Crippen molar-refractivity contribution in [3.05, 3.63) is 60.9 Å². The van der Waals surface area contributed by atoms with Crippen molar-refractivity contribution in [2.75, 3.05) is 0 Å². The van der Waals surface area contributed by atoms with Gasteiger partial charge in [-0.2, -0.15) is 0 Å². The first-order valence-corrected chi connectivity index (χ1v) is 5.09. The van der Waals surface area contributed by atoms with Crippen molar-refractivity contribution in [1.29, 1.82) is 0 Å². The van der Waals surface area contributed by atoms with Gasteiger partial charge in [0.2, 0.25) is 0 Å². The van der Waals surface area contributed by atoms with Crippen LogP contribution in [0.4, 0.5) is 0 Å². The molecule has 2 N–H and O–H groups in total. The van der Waals surface area contributed by atoms with Crippen molar-refractivity contribution in [1.82, 2.24) is 0 Å². The molecule has 3 atom stereocenters. The van der Waals surface area contributed by atoms with E-state index in [2.05, 4.69) is 6.58 Å². The Balaban J connectivity index is 2.41. The number of hydrogen-bond acceptors (Lipinski definition) is 3. The Morgan fingerprint density at radius 1 is 1.31 bits per heavy atom. The second kappa shape index (κ2) is 4.12. The van der Waals surface area contributed by atoms with Crippen molar-refractivity contribution < 1.29 is 14.9 Å². The largest absolute Gasteiger partial charge is 0.490 e. The molecule has 0 fully saturated rings. The summed E-state index contributed by atoms with van der Waals surface area (Å²) in [5, 5.41) is 20.1. The van der Waals surface area contributed by atoms with Gasteiger partial charge in [0.05, 0.1) is 6.26 Å². The summed E-state index contributed by atoms with van der Waals surface area (Å²) < 4.78 is 5.38. The van der Waals surface area contributed by atoms with Crippen LogP contribution in [0.25, 0.3) is 0 Å². The third-order valence-electron chi connectivity index (χ3n) is 2.80. The highest BCUT2D eigenvalue weighted by Crippen LogP contribution is 2.36. The van der Waals surface area contributed by atoms with Crippen LogP contribution < -0.4 is 0 Å². The van der Waals surface area contributed by atoms with E-state index < -0.39 is 17.8 Å². The summed E-state index contributed by atoms with van der Waals surface area (Å²) in [7, 11) is 0. The molecular weight excluding hydrogens is 204 g/mol. The van der Waals surface area contributed by atoms with Gasteiger partial charge in [0.1, 0.15) is 6.10 Å². The summed E-state index contributed by atoms with van der Waals surface area (Å²) in [5.74, 6) is 0. The highest BCUT2D eigenvalue weighted by atomic mass is 16.5. The molecule has 3 heteroatoms. The molecule has 84 valence electrons. The zero-order valence-corrected chi connectivity index (χ0v) is 8.78. The SMILES string of the molecule is C=C[C@@]1(O)[C@H](O)C=CO[C@@H]1c1ccccc1. The molecule has 0 radical (unpaired) electrons. The third kappa shape index (κ3) is 1.64. The Bertz CT molecular complexity index is 399. The van der Waals surface area contributed by atoms with Gasteiger partial charge in [-0.25, -0.2) is 0 Å². The maximum atomic E-state index is 10.3. The predicted molar refractivity (Wildman–Crippen MR) is 60.6 cm³/mol. The number of aliphatic hydroxyl groups is 2. The van der Waals surface area contributed by atoms with Gasteiger partial charge in [-0.15, -0.1) is 0 Å². The minimum absolute atomic E-state index is 0.633. The minimum Gasteiger partial charge on any atom is -0.490 e. The second-order valence-corrected chi connectivity index (χ2v) is 3.79. The predicted octanol–water partition coefficient (Wildman–Crippen LogP) is 1.55. The third-order valence-corrected chi connectivity index (χ3v) is 2.80. The van der Waals surface area contributed by atoms with Gasteiger partial charge in [0.15, 0.2) is 11.7 Å². The van der Waals surface area contributed by atoms with E-state index >= 15 is 0 Å². The van der Waals surface area contributed by atoms with Gasteiger partial charge in [-0.1, -0.05) is 43.0 Å². The topological polar surface area (TPSA) is 49.7 Å². The van der Waals surface area contributed by atoms with E-state index in [9.17, 15) is 10.2 Å². The van der Waals surface area contributed by atoms with Gasteiger partial charge in [0, 0.05) is 0 Å². The van der Waals surface area contributed by atoms with Crippen molar-refractivity contribution >= 4 is 0 Å². The fourth-order valence-corrected chi connectivity index (χ4v) is 1.82. The smallest absolute Gasteiger partial charge is 0.158 e. The Kier molecular flexibility index (Phi) is 2.81. The van der Waals surface area contributed by atoms with Gasteiger partial charge < -0.3 is 14.9 Å². The van der Waals surface area contributed by atoms with Gasteiger partial charge >= 0.3 is 0 Å². The zero-order chi connectivity index (χ0) is 11.6. The van der Waals surface area contributed by atoms with Crippen LogP contribution in [0.3, 0.4) is 0 Å². The lowest BCUT2D eigenvalue weighted by molar-refractivity contribution is -0.118. The maximum absolute atomic E-state index is 10.3. The number of rotatable bonds is 2. The van der Waals surface area contributed by atoms with E-state index in [4.69, 9.17) is 4.74 Å². The van der Waals surface area contributed by atoms with Crippen LogP contribution in [0.5, 0.6) is 0 Å². The van der Waals surface area contributed by atoms with E-state index in [1.54, 1.807) is 0 Å². The number of hydrogen-bond donors (Lipinski definition) is 2. The van der Waals surface area contributed by atoms with Crippen LogP contribution in [0.1, 0.15) is 11.7 Å².